The second-order valence-corrected chi connectivity index (χ2v) is 5.92. The first-order valence-electron chi connectivity index (χ1n) is 7.34. The van der Waals surface area contributed by atoms with Gasteiger partial charge in [-0.15, -0.1) is 12.4 Å². The van der Waals surface area contributed by atoms with Crippen molar-refractivity contribution in [2.75, 3.05) is 13.2 Å². The number of hydrogen-bond donors (Lipinski definition) is 0. The molecule has 0 atom stereocenters. The van der Waals surface area contributed by atoms with Gasteiger partial charge in [-0.3, -0.25) is 0 Å². The average molecular weight is 353 g/mol. The Morgan fingerprint density at radius 3 is 2.35 bits per heavy atom. The van der Waals surface area contributed by atoms with Gasteiger partial charge in [0.25, 0.3) is 0 Å². The lowest BCUT2D eigenvalue weighted by Crippen LogP contribution is -2.15. The van der Waals surface area contributed by atoms with Crippen molar-refractivity contribution in [2.24, 2.45) is 0 Å². The Morgan fingerprint density at radius 2 is 1.78 bits per heavy atom. The lowest BCUT2D eigenvalue weighted by atomic mass is 10.1. The Morgan fingerprint density at radius 1 is 1.13 bits per heavy atom. The van der Waals surface area contributed by atoms with Crippen LogP contribution in [0.25, 0.3) is 5.53 Å². The number of rotatable bonds is 6. The zero-order valence-electron chi connectivity index (χ0n) is 13.5. The van der Waals surface area contributed by atoms with Crippen LogP contribution in [-0.4, -0.2) is 23.7 Å². The average Bonchev–Trinajstić information content (AvgIpc) is 2.52. The van der Waals surface area contributed by atoms with Gasteiger partial charge in [0.05, 0.1) is 18.1 Å². The smallest absolute Gasteiger partial charge is 0.340 e. The Hall–Kier alpha value is -1.68. The molecule has 1 aliphatic carbocycles. The maximum Gasteiger partial charge on any atom is 0.340 e. The molecule has 1 aliphatic rings. The van der Waals surface area contributed by atoms with Crippen molar-refractivity contribution in [3.63, 3.8) is 0 Å². The maximum atomic E-state index is 9.16. The van der Waals surface area contributed by atoms with E-state index in [-0.39, 0.29) is 12.4 Å². The monoisotopic (exact) mass is 352 g/mol. The van der Waals surface area contributed by atoms with E-state index in [4.69, 9.17) is 15.0 Å². The molecule has 0 saturated carbocycles. The van der Waals surface area contributed by atoms with Gasteiger partial charge in [0.1, 0.15) is 12.2 Å². The minimum Gasteiger partial charge on any atom is -0.496 e. The summed E-state index contributed by atoms with van der Waals surface area (Å²) in [7, 11) is 0. The first-order valence-corrected chi connectivity index (χ1v) is 8.15. The molecular formula is C17H21ClN2O2S. The molecule has 23 heavy (non-hydrogen) atoms. The Kier molecular flexibility index (Phi) is 7.96. The third kappa shape index (κ3) is 5.17. The van der Waals surface area contributed by atoms with Crippen molar-refractivity contribution in [1.82, 2.24) is 0 Å². The fraction of sp³-hybridized carbons (Fsp3) is 0.353. The second kappa shape index (κ2) is 9.46. The molecule has 6 heteroatoms. The summed E-state index contributed by atoms with van der Waals surface area (Å²) < 4.78 is 11.3. The molecule has 0 amide bonds. The van der Waals surface area contributed by atoms with Crippen LogP contribution in [0.4, 0.5) is 0 Å². The van der Waals surface area contributed by atoms with E-state index in [2.05, 4.69) is 36.0 Å². The number of halogens is 1. The minimum absolute atomic E-state index is 0. The van der Waals surface area contributed by atoms with E-state index in [1.807, 2.05) is 19.9 Å². The van der Waals surface area contributed by atoms with Crippen LogP contribution in [0.1, 0.15) is 25.8 Å². The molecule has 1 aromatic carbocycles. The molecule has 0 N–H and O–H groups in total. The predicted octanol–water partition coefficient (Wildman–Crippen LogP) is 4.75. The second-order valence-electron chi connectivity index (χ2n) is 4.80. The van der Waals surface area contributed by atoms with Crippen molar-refractivity contribution in [2.45, 2.75) is 32.1 Å². The normalized spacial score (nSPS) is 13.9. The third-order valence-electron chi connectivity index (χ3n) is 3.14. The maximum absolute atomic E-state index is 9.16. The van der Waals surface area contributed by atoms with Crippen LogP contribution in [0.5, 0.6) is 0 Å². The van der Waals surface area contributed by atoms with Gasteiger partial charge < -0.3 is 15.0 Å². The van der Waals surface area contributed by atoms with Gasteiger partial charge in [-0.2, -0.15) is 4.79 Å². The molecule has 4 nitrogen and oxygen atoms in total. The fourth-order valence-corrected chi connectivity index (χ4v) is 3.03. The van der Waals surface area contributed by atoms with Gasteiger partial charge in [0.15, 0.2) is 0 Å². The SMILES string of the molecule is CCOC1=CC(Sc2ccc(C)cc2)=C(OCC)CC1=[N+]=[N-].Cl. The first-order chi connectivity index (χ1) is 10.7. The molecular weight excluding hydrogens is 332 g/mol. The number of benzene rings is 1. The highest BCUT2D eigenvalue weighted by Crippen LogP contribution is 2.35. The summed E-state index contributed by atoms with van der Waals surface area (Å²) in [4.78, 5) is 5.45. The van der Waals surface area contributed by atoms with Gasteiger partial charge in [-0.05, 0) is 32.9 Å². The van der Waals surface area contributed by atoms with E-state index in [9.17, 15) is 0 Å². The van der Waals surface area contributed by atoms with Crippen molar-refractivity contribution >= 4 is 29.9 Å². The number of hydrogen-bond acceptors (Lipinski definition) is 3. The summed E-state index contributed by atoms with van der Waals surface area (Å²) in [5.74, 6) is 1.41. The summed E-state index contributed by atoms with van der Waals surface area (Å²) in [6.07, 6.45) is 2.32. The molecule has 2 rings (SSSR count). The minimum atomic E-state index is 0. The van der Waals surface area contributed by atoms with E-state index in [0.29, 0.717) is 31.1 Å². The zero-order chi connectivity index (χ0) is 15.9. The topological polar surface area (TPSA) is 54.9 Å². The van der Waals surface area contributed by atoms with Crippen molar-refractivity contribution in [3.05, 3.63) is 57.9 Å². The Balaban J connectivity index is 0.00000264. The highest BCUT2D eigenvalue weighted by molar-refractivity contribution is 8.03. The van der Waals surface area contributed by atoms with Gasteiger partial charge in [0.2, 0.25) is 5.76 Å². The van der Waals surface area contributed by atoms with E-state index in [1.54, 1.807) is 11.8 Å². The molecule has 1 aromatic rings. The lowest BCUT2D eigenvalue weighted by molar-refractivity contribution is -0.0134. The molecule has 0 fully saturated rings. The number of nitrogens with zero attached hydrogens (tertiary/aromatic N) is 2. The summed E-state index contributed by atoms with van der Waals surface area (Å²) in [5, 5.41) is 0. The Bertz CT molecular complexity index is 647. The standard InChI is InChI=1S/C17H20N2O2S.ClH/c1-4-20-15-11-17(16(21-5-2)10-14(15)19-18)22-13-8-6-12(3)7-9-13;/h6-9,11H,4-5,10H2,1-3H3;1H. The van der Waals surface area contributed by atoms with Gasteiger partial charge >= 0.3 is 5.71 Å². The molecule has 124 valence electrons. The van der Waals surface area contributed by atoms with Crippen molar-refractivity contribution in [3.8, 4) is 0 Å². The highest BCUT2D eigenvalue weighted by Gasteiger charge is 2.28. The summed E-state index contributed by atoms with van der Waals surface area (Å²) in [6, 6.07) is 8.33. The van der Waals surface area contributed by atoms with E-state index < -0.39 is 0 Å². The van der Waals surface area contributed by atoms with Crippen molar-refractivity contribution in [1.29, 1.82) is 0 Å². The van der Waals surface area contributed by atoms with Crippen LogP contribution in [-0.2, 0) is 9.47 Å². The molecule has 0 saturated heterocycles. The van der Waals surface area contributed by atoms with Gasteiger partial charge in [-0.25, -0.2) is 0 Å². The predicted molar refractivity (Wildman–Crippen MR) is 95.9 cm³/mol. The van der Waals surface area contributed by atoms with E-state index >= 15 is 0 Å². The number of thioether (sulfide) groups is 1. The zero-order valence-corrected chi connectivity index (χ0v) is 15.2. The summed E-state index contributed by atoms with van der Waals surface area (Å²) >= 11 is 1.63. The molecule has 0 heterocycles. The van der Waals surface area contributed by atoms with Crippen molar-refractivity contribution < 1.29 is 14.3 Å². The van der Waals surface area contributed by atoms with Crippen LogP contribution in [0, 0.1) is 6.92 Å². The quantitative estimate of drug-likeness (QED) is 0.548. The Labute approximate surface area is 147 Å². The van der Waals surface area contributed by atoms with Crippen LogP contribution >= 0.6 is 24.2 Å². The largest absolute Gasteiger partial charge is 0.496 e. The number of allylic oxidation sites excluding steroid dienone is 3. The molecule has 0 unspecified atom stereocenters. The van der Waals surface area contributed by atoms with Crippen LogP contribution in [0.3, 0.4) is 0 Å². The first kappa shape index (κ1) is 19.4. The van der Waals surface area contributed by atoms with Gasteiger partial charge in [0, 0.05) is 11.0 Å². The summed E-state index contributed by atoms with van der Waals surface area (Å²) in [5.41, 5.74) is 10.9. The molecule has 0 spiro atoms. The molecule has 0 radical (unpaired) electrons. The molecule has 0 bridgehead atoms. The number of ether oxygens (including phenoxy) is 2. The fourth-order valence-electron chi connectivity index (χ4n) is 2.09. The number of aryl methyl sites for hydroxylation is 1. The lowest BCUT2D eigenvalue weighted by Gasteiger charge is -2.17. The highest BCUT2D eigenvalue weighted by atomic mass is 35.5. The van der Waals surface area contributed by atoms with E-state index in [0.717, 1.165) is 15.6 Å². The van der Waals surface area contributed by atoms with Crippen LogP contribution < -0.4 is 0 Å². The van der Waals surface area contributed by atoms with Crippen LogP contribution in [0.15, 0.2) is 51.7 Å². The van der Waals surface area contributed by atoms with E-state index in [1.165, 1.54) is 5.56 Å². The molecule has 0 aromatic heterocycles. The molecule has 0 aliphatic heterocycles. The van der Waals surface area contributed by atoms with Gasteiger partial charge in [-0.1, -0.05) is 29.5 Å². The van der Waals surface area contributed by atoms with Crippen LogP contribution in [0.2, 0.25) is 0 Å². The summed E-state index contributed by atoms with van der Waals surface area (Å²) in [6.45, 7) is 7.02. The third-order valence-corrected chi connectivity index (χ3v) is 4.21.